The van der Waals surface area contributed by atoms with Gasteiger partial charge in [0.15, 0.2) is 0 Å². The fourth-order valence-electron chi connectivity index (χ4n) is 3.98. The molecule has 0 fully saturated rings. The number of benzene rings is 1. The van der Waals surface area contributed by atoms with Crippen LogP contribution in [0, 0.1) is 0 Å². The van der Waals surface area contributed by atoms with Crippen LogP contribution in [0.5, 0.6) is 0 Å². The maximum absolute atomic E-state index is 13.2. The smallest absolute Gasteiger partial charge is 0.257 e. The molecule has 0 saturated heterocycles. The van der Waals surface area contributed by atoms with E-state index in [1.807, 2.05) is 24.1 Å². The molecule has 1 amide bonds. The standard InChI is InChI=1S/C25H26ClN3O5S/c1-28(12-19(31)20-4-3-9-34-20)13-21-18(14-30)22-24(35-21)23(32)17(11-29(22)2)25(33)27-10-15-5-7-16(26)8-6-15/h3-9,11,19,30-31H,10,12-14H2,1-2H3,(H,27,33)/t19-/m1/s1. The normalized spacial score (nSPS) is 12.4. The van der Waals surface area contributed by atoms with Crippen LogP contribution < -0.4 is 10.7 Å². The molecule has 0 aliphatic rings. The lowest BCUT2D eigenvalue weighted by Crippen LogP contribution is -2.29. The zero-order chi connectivity index (χ0) is 25.1. The number of hydrogen-bond donors (Lipinski definition) is 3. The third-order valence-corrected chi connectivity index (χ3v) is 7.18. The maximum atomic E-state index is 13.2. The van der Waals surface area contributed by atoms with Crippen molar-refractivity contribution in [3.05, 3.63) is 91.4 Å². The fraction of sp³-hybridized carbons (Fsp3) is 0.280. The summed E-state index contributed by atoms with van der Waals surface area (Å²) in [7, 11) is 3.59. The summed E-state index contributed by atoms with van der Waals surface area (Å²) in [6.07, 6.45) is 2.21. The van der Waals surface area contributed by atoms with E-state index >= 15 is 0 Å². The summed E-state index contributed by atoms with van der Waals surface area (Å²) in [6, 6.07) is 10.5. The van der Waals surface area contributed by atoms with Gasteiger partial charge in [-0.15, -0.1) is 11.3 Å². The number of aliphatic hydroxyl groups is 2. The minimum atomic E-state index is -0.802. The zero-order valence-corrected chi connectivity index (χ0v) is 20.9. The molecule has 8 nitrogen and oxygen atoms in total. The SMILES string of the molecule is CN(Cc1sc2c(=O)c(C(=O)NCc3ccc(Cl)cc3)cn(C)c2c1CO)C[C@@H](O)c1ccco1. The number of likely N-dealkylation sites (N-methyl/N-ethyl adjacent to an activating group) is 1. The van der Waals surface area contributed by atoms with Crippen molar-refractivity contribution in [2.24, 2.45) is 7.05 Å². The number of nitrogens with zero attached hydrogens (tertiary/aromatic N) is 2. The van der Waals surface area contributed by atoms with E-state index in [1.165, 1.54) is 23.8 Å². The van der Waals surface area contributed by atoms with Gasteiger partial charge in [0.1, 0.15) is 17.4 Å². The molecule has 3 aromatic heterocycles. The second-order valence-corrected chi connectivity index (χ2v) is 9.90. The number of halogens is 1. The van der Waals surface area contributed by atoms with Crippen molar-refractivity contribution in [2.75, 3.05) is 13.6 Å². The Labute approximate surface area is 211 Å². The Balaban J connectivity index is 1.57. The van der Waals surface area contributed by atoms with E-state index < -0.39 is 12.0 Å². The van der Waals surface area contributed by atoms with Gasteiger partial charge in [0, 0.05) is 48.3 Å². The number of pyridine rings is 1. The predicted octanol–water partition coefficient (Wildman–Crippen LogP) is 3.43. The molecule has 4 aromatic rings. The molecule has 0 unspecified atom stereocenters. The predicted molar refractivity (Wildman–Crippen MR) is 136 cm³/mol. The number of carbonyl (C=O) groups is 1. The van der Waals surface area contributed by atoms with Gasteiger partial charge in [-0.1, -0.05) is 23.7 Å². The average Bonchev–Trinajstić information content (AvgIpc) is 3.49. The summed E-state index contributed by atoms with van der Waals surface area (Å²) in [4.78, 5) is 28.8. The van der Waals surface area contributed by atoms with Gasteiger partial charge in [-0.05, 0) is 36.9 Å². The van der Waals surface area contributed by atoms with Crippen molar-refractivity contribution >= 4 is 39.1 Å². The number of hydrogen-bond acceptors (Lipinski definition) is 7. The lowest BCUT2D eigenvalue weighted by Gasteiger charge is -2.19. The summed E-state index contributed by atoms with van der Waals surface area (Å²) >= 11 is 7.16. The van der Waals surface area contributed by atoms with Crippen molar-refractivity contribution in [3.8, 4) is 0 Å². The number of thiophene rings is 1. The minimum Gasteiger partial charge on any atom is -0.467 e. The summed E-state index contributed by atoms with van der Waals surface area (Å²) in [5.41, 5.74) is 1.76. The first-order valence-electron chi connectivity index (χ1n) is 11.0. The number of fused-ring (bicyclic) bond motifs is 1. The number of aromatic nitrogens is 1. The number of aliphatic hydroxyl groups excluding tert-OH is 2. The highest BCUT2D eigenvalue weighted by Crippen LogP contribution is 2.31. The number of aryl methyl sites for hydroxylation is 1. The van der Waals surface area contributed by atoms with E-state index in [2.05, 4.69) is 5.32 Å². The molecule has 0 radical (unpaired) electrons. The van der Waals surface area contributed by atoms with Crippen LogP contribution in [0.2, 0.25) is 5.02 Å². The van der Waals surface area contributed by atoms with Crippen molar-refractivity contribution in [1.29, 1.82) is 0 Å². The molecule has 0 bridgehead atoms. The van der Waals surface area contributed by atoms with Crippen LogP contribution in [0.1, 0.15) is 38.2 Å². The lowest BCUT2D eigenvalue weighted by atomic mass is 10.1. The van der Waals surface area contributed by atoms with Crippen LogP contribution in [0.15, 0.2) is 58.1 Å². The third-order valence-electron chi connectivity index (χ3n) is 5.73. The average molecular weight is 516 g/mol. The Morgan fingerprint density at radius 2 is 2.03 bits per heavy atom. The van der Waals surface area contributed by atoms with E-state index in [0.29, 0.717) is 39.7 Å². The summed E-state index contributed by atoms with van der Waals surface area (Å²) in [5, 5.41) is 23.9. The molecule has 0 aliphatic carbocycles. The molecule has 3 N–H and O–H groups in total. The van der Waals surface area contributed by atoms with E-state index in [0.717, 1.165) is 10.4 Å². The third kappa shape index (κ3) is 5.50. The van der Waals surface area contributed by atoms with Gasteiger partial charge < -0.3 is 24.5 Å². The number of rotatable bonds is 9. The Bertz CT molecular complexity index is 1380. The Hall–Kier alpha value is -2.95. The largest absolute Gasteiger partial charge is 0.467 e. The number of amides is 1. The number of nitrogens with one attached hydrogen (secondary N) is 1. The topological polar surface area (TPSA) is 108 Å². The highest BCUT2D eigenvalue weighted by molar-refractivity contribution is 7.19. The molecule has 10 heteroatoms. The van der Waals surface area contributed by atoms with Crippen LogP contribution >= 0.6 is 22.9 Å². The molecule has 0 saturated carbocycles. The van der Waals surface area contributed by atoms with Crippen LogP contribution in [-0.4, -0.2) is 39.2 Å². The zero-order valence-electron chi connectivity index (χ0n) is 19.3. The molecule has 4 rings (SSSR count). The number of carbonyl (C=O) groups excluding carboxylic acids is 1. The van der Waals surface area contributed by atoms with Crippen molar-refractivity contribution < 1.29 is 19.4 Å². The highest BCUT2D eigenvalue weighted by Gasteiger charge is 2.22. The van der Waals surface area contributed by atoms with E-state index in [1.54, 1.807) is 35.9 Å². The molecule has 1 aromatic carbocycles. The molecule has 3 heterocycles. The Morgan fingerprint density at radius 1 is 1.29 bits per heavy atom. The molecular formula is C25H26ClN3O5S. The molecule has 1 atom stereocenters. The molecule has 35 heavy (non-hydrogen) atoms. The molecule has 184 valence electrons. The van der Waals surface area contributed by atoms with Crippen LogP contribution in [-0.2, 0) is 26.7 Å². The molecule has 0 spiro atoms. The van der Waals surface area contributed by atoms with Crippen LogP contribution in [0.25, 0.3) is 10.2 Å². The quantitative estimate of drug-likeness (QED) is 0.315. The van der Waals surface area contributed by atoms with Gasteiger partial charge in [-0.3, -0.25) is 14.5 Å². The van der Waals surface area contributed by atoms with Crippen LogP contribution in [0.3, 0.4) is 0 Å². The van der Waals surface area contributed by atoms with Crippen LogP contribution in [0.4, 0.5) is 0 Å². The Morgan fingerprint density at radius 3 is 2.69 bits per heavy atom. The fourth-order valence-corrected chi connectivity index (χ4v) is 5.48. The Kier molecular flexibility index (Phi) is 7.73. The monoisotopic (exact) mass is 515 g/mol. The summed E-state index contributed by atoms with van der Waals surface area (Å²) in [5.74, 6) is -0.000270. The minimum absolute atomic E-state index is 0.0350. The first-order valence-corrected chi connectivity index (χ1v) is 12.1. The molecule has 0 aliphatic heterocycles. The first-order chi connectivity index (χ1) is 16.8. The maximum Gasteiger partial charge on any atom is 0.257 e. The number of furan rings is 1. The van der Waals surface area contributed by atoms with E-state index in [4.69, 9.17) is 16.0 Å². The van der Waals surface area contributed by atoms with Crippen molar-refractivity contribution in [1.82, 2.24) is 14.8 Å². The summed E-state index contributed by atoms with van der Waals surface area (Å²) < 4.78 is 7.37. The van der Waals surface area contributed by atoms with Gasteiger partial charge >= 0.3 is 0 Å². The second-order valence-electron chi connectivity index (χ2n) is 8.36. The second kappa shape index (κ2) is 10.8. The van der Waals surface area contributed by atoms with Crippen molar-refractivity contribution in [2.45, 2.75) is 25.8 Å². The van der Waals surface area contributed by atoms with E-state index in [9.17, 15) is 19.8 Å². The first kappa shape index (κ1) is 25.2. The van der Waals surface area contributed by atoms with Gasteiger partial charge in [0.2, 0.25) is 5.43 Å². The summed E-state index contributed by atoms with van der Waals surface area (Å²) in [6.45, 7) is 0.725. The lowest BCUT2D eigenvalue weighted by molar-refractivity contribution is 0.0949. The van der Waals surface area contributed by atoms with Gasteiger partial charge in [0.05, 0.1) is 23.1 Å². The van der Waals surface area contributed by atoms with Gasteiger partial charge in [0.25, 0.3) is 5.91 Å². The van der Waals surface area contributed by atoms with Gasteiger partial charge in [-0.2, -0.15) is 0 Å². The van der Waals surface area contributed by atoms with Crippen molar-refractivity contribution in [3.63, 3.8) is 0 Å². The van der Waals surface area contributed by atoms with E-state index in [-0.39, 0.29) is 24.1 Å². The highest BCUT2D eigenvalue weighted by atomic mass is 35.5. The van der Waals surface area contributed by atoms with Gasteiger partial charge in [-0.25, -0.2) is 0 Å². The molecular weight excluding hydrogens is 490 g/mol.